The van der Waals surface area contributed by atoms with Crippen LogP contribution in [0.4, 0.5) is 5.69 Å². The number of carbonyl (C=O) groups excluding carboxylic acids is 1. The van der Waals surface area contributed by atoms with E-state index in [1.165, 1.54) is 32.1 Å². The highest BCUT2D eigenvalue weighted by Gasteiger charge is 2.17. The van der Waals surface area contributed by atoms with Crippen molar-refractivity contribution in [3.63, 3.8) is 0 Å². The Kier molecular flexibility index (Phi) is 6.05. The molecule has 0 radical (unpaired) electrons. The summed E-state index contributed by atoms with van der Waals surface area (Å²) in [5, 5.41) is 13.0. The largest absolute Gasteiger partial charge is 0.482 e. The van der Waals surface area contributed by atoms with Gasteiger partial charge in [0.25, 0.3) is 5.91 Å². The monoisotopic (exact) mass is 291 g/mol. The third-order valence-electron chi connectivity index (χ3n) is 3.85. The van der Waals surface area contributed by atoms with Crippen LogP contribution in [0.1, 0.15) is 63.5 Å². The molecule has 116 valence electrons. The number of hydrogen-bond donors (Lipinski definition) is 2. The zero-order valence-corrected chi connectivity index (χ0v) is 12.7. The first-order valence-electron chi connectivity index (χ1n) is 7.95. The molecule has 1 aromatic rings. The van der Waals surface area contributed by atoms with E-state index in [1.807, 2.05) is 18.2 Å². The van der Waals surface area contributed by atoms with E-state index in [0.29, 0.717) is 11.4 Å². The molecule has 4 nitrogen and oxygen atoms in total. The fraction of sp³-hybridized carbons (Fsp3) is 0.588. The minimum Gasteiger partial charge on any atom is -0.482 e. The second-order valence-corrected chi connectivity index (χ2v) is 5.66. The summed E-state index contributed by atoms with van der Waals surface area (Å²) in [5.41, 5.74) is 1.50. The summed E-state index contributed by atoms with van der Waals surface area (Å²) in [7, 11) is 0. The molecule has 1 amide bonds. The van der Waals surface area contributed by atoms with Gasteiger partial charge >= 0.3 is 0 Å². The van der Waals surface area contributed by atoms with Crippen molar-refractivity contribution in [1.82, 2.24) is 0 Å². The zero-order chi connectivity index (χ0) is 15.1. The number of aliphatic hydroxyl groups excluding tert-OH is 1. The maximum Gasteiger partial charge on any atom is 0.262 e. The molecule has 2 rings (SSSR count). The quantitative estimate of drug-likeness (QED) is 0.716. The summed E-state index contributed by atoms with van der Waals surface area (Å²) in [6, 6.07) is 5.50. The van der Waals surface area contributed by atoms with Crippen molar-refractivity contribution < 1.29 is 14.6 Å². The molecule has 0 fully saturated rings. The van der Waals surface area contributed by atoms with Gasteiger partial charge in [0.05, 0.1) is 11.8 Å². The van der Waals surface area contributed by atoms with E-state index in [2.05, 4.69) is 12.2 Å². The molecule has 0 saturated heterocycles. The van der Waals surface area contributed by atoms with Crippen LogP contribution in [0.5, 0.6) is 5.75 Å². The highest BCUT2D eigenvalue weighted by molar-refractivity contribution is 5.95. The van der Waals surface area contributed by atoms with Crippen molar-refractivity contribution >= 4 is 11.6 Å². The minimum atomic E-state index is -0.472. The molecule has 0 aliphatic carbocycles. The predicted octanol–water partition coefficient (Wildman–Crippen LogP) is 3.80. The number of nitrogens with one attached hydrogen (secondary N) is 1. The van der Waals surface area contributed by atoms with Crippen LogP contribution in [0.2, 0.25) is 0 Å². The van der Waals surface area contributed by atoms with E-state index in [1.54, 1.807) is 0 Å². The smallest absolute Gasteiger partial charge is 0.262 e. The van der Waals surface area contributed by atoms with Gasteiger partial charge in [-0.2, -0.15) is 0 Å². The van der Waals surface area contributed by atoms with Gasteiger partial charge in [-0.25, -0.2) is 0 Å². The van der Waals surface area contributed by atoms with Gasteiger partial charge in [-0.05, 0) is 24.1 Å². The number of aliphatic hydroxyl groups is 1. The summed E-state index contributed by atoms with van der Waals surface area (Å²) < 4.78 is 5.31. The molecule has 21 heavy (non-hydrogen) atoms. The normalized spacial score (nSPS) is 15.0. The molecule has 0 saturated carbocycles. The molecule has 1 aliphatic rings. The van der Waals surface area contributed by atoms with Gasteiger partial charge in [-0.15, -0.1) is 0 Å². The summed E-state index contributed by atoms with van der Waals surface area (Å²) in [6.45, 7) is 2.27. The van der Waals surface area contributed by atoms with E-state index in [0.717, 1.165) is 18.4 Å². The first-order valence-corrected chi connectivity index (χ1v) is 7.95. The number of anilines is 1. The van der Waals surface area contributed by atoms with Crippen LogP contribution in [0.25, 0.3) is 0 Å². The lowest BCUT2D eigenvalue weighted by Crippen LogP contribution is -2.25. The maximum absolute atomic E-state index is 11.3. The number of ether oxygens (including phenoxy) is 1. The lowest BCUT2D eigenvalue weighted by atomic mass is 10.0. The molecule has 1 atom stereocenters. The first-order chi connectivity index (χ1) is 10.2. The van der Waals surface area contributed by atoms with Crippen molar-refractivity contribution in [3.8, 4) is 5.75 Å². The van der Waals surface area contributed by atoms with E-state index in [4.69, 9.17) is 4.74 Å². The fourth-order valence-corrected chi connectivity index (χ4v) is 2.59. The Hall–Kier alpha value is -1.55. The molecule has 1 aliphatic heterocycles. The molecule has 0 bridgehead atoms. The Bertz CT molecular complexity index is 473. The van der Waals surface area contributed by atoms with Crippen LogP contribution in [0, 0.1) is 0 Å². The Balaban J connectivity index is 1.81. The summed E-state index contributed by atoms with van der Waals surface area (Å²) in [6.07, 6.45) is 7.58. The van der Waals surface area contributed by atoms with Crippen LogP contribution >= 0.6 is 0 Å². The summed E-state index contributed by atoms with van der Waals surface area (Å²) in [5.74, 6) is 0.523. The highest BCUT2D eigenvalue weighted by atomic mass is 16.5. The predicted molar refractivity (Wildman–Crippen MR) is 83.5 cm³/mol. The number of carbonyl (C=O) groups is 1. The van der Waals surface area contributed by atoms with E-state index in [-0.39, 0.29) is 12.5 Å². The van der Waals surface area contributed by atoms with Crippen LogP contribution in [0.15, 0.2) is 18.2 Å². The van der Waals surface area contributed by atoms with E-state index < -0.39 is 6.10 Å². The van der Waals surface area contributed by atoms with Gasteiger partial charge in [0.2, 0.25) is 0 Å². The zero-order valence-electron chi connectivity index (χ0n) is 12.7. The van der Waals surface area contributed by atoms with Crippen molar-refractivity contribution in [3.05, 3.63) is 23.8 Å². The Morgan fingerprint density at radius 2 is 2.00 bits per heavy atom. The Labute approximate surface area is 126 Å². The summed E-state index contributed by atoms with van der Waals surface area (Å²) >= 11 is 0. The molecular formula is C17H25NO3. The molecule has 1 aromatic carbocycles. The van der Waals surface area contributed by atoms with E-state index in [9.17, 15) is 9.90 Å². The number of unbranched alkanes of at least 4 members (excludes halogenated alkanes) is 5. The third kappa shape index (κ3) is 4.74. The standard InChI is InChI=1S/C17H25NO3/c1-2-3-4-5-6-7-8-15(19)13-9-10-16-14(11-13)18-17(20)12-21-16/h9-11,15,19H,2-8,12H2,1H3,(H,18,20). The number of hydrogen-bond acceptors (Lipinski definition) is 3. The molecule has 0 spiro atoms. The molecular weight excluding hydrogens is 266 g/mol. The number of fused-ring (bicyclic) bond motifs is 1. The van der Waals surface area contributed by atoms with Gasteiger partial charge in [-0.3, -0.25) is 4.79 Å². The van der Waals surface area contributed by atoms with E-state index >= 15 is 0 Å². The summed E-state index contributed by atoms with van der Waals surface area (Å²) in [4.78, 5) is 11.3. The molecule has 1 heterocycles. The molecule has 4 heteroatoms. The Morgan fingerprint density at radius 1 is 1.24 bits per heavy atom. The average molecular weight is 291 g/mol. The van der Waals surface area contributed by atoms with Crippen LogP contribution in [-0.2, 0) is 4.79 Å². The second kappa shape index (κ2) is 8.03. The number of amides is 1. The molecule has 0 aromatic heterocycles. The lowest BCUT2D eigenvalue weighted by Gasteiger charge is -2.20. The maximum atomic E-state index is 11.3. The minimum absolute atomic E-state index is 0.0622. The van der Waals surface area contributed by atoms with Crippen molar-refractivity contribution in [2.24, 2.45) is 0 Å². The van der Waals surface area contributed by atoms with Gasteiger partial charge in [-0.1, -0.05) is 51.5 Å². The molecule has 1 unspecified atom stereocenters. The SMILES string of the molecule is CCCCCCCCC(O)c1ccc2c(c1)NC(=O)CO2. The topological polar surface area (TPSA) is 58.6 Å². The van der Waals surface area contributed by atoms with Crippen molar-refractivity contribution in [2.45, 2.75) is 58.0 Å². The van der Waals surface area contributed by atoms with Crippen molar-refractivity contribution in [1.29, 1.82) is 0 Å². The van der Waals surface area contributed by atoms with Crippen molar-refractivity contribution in [2.75, 3.05) is 11.9 Å². The fourth-order valence-electron chi connectivity index (χ4n) is 2.59. The Morgan fingerprint density at radius 3 is 2.81 bits per heavy atom. The highest BCUT2D eigenvalue weighted by Crippen LogP contribution is 2.31. The third-order valence-corrected chi connectivity index (χ3v) is 3.85. The van der Waals surface area contributed by atoms with Crippen LogP contribution in [0.3, 0.4) is 0 Å². The number of rotatable bonds is 8. The first kappa shape index (κ1) is 15.8. The van der Waals surface area contributed by atoms with Gasteiger partial charge in [0, 0.05) is 0 Å². The van der Waals surface area contributed by atoms with Gasteiger partial charge in [0.15, 0.2) is 6.61 Å². The lowest BCUT2D eigenvalue weighted by molar-refractivity contribution is -0.118. The van der Waals surface area contributed by atoms with Gasteiger partial charge < -0.3 is 15.2 Å². The molecule has 2 N–H and O–H groups in total. The van der Waals surface area contributed by atoms with Crippen LogP contribution < -0.4 is 10.1 Å². The number of benzene rings is 1. The van der Waals surface area contributed by atoms with Gasteiger partial charge in [0.1, 0.15) is 5.75 Å². The second-order valence-electron chi connectivity index (χ2n) is 5.66. The van der Waals surface area contributed by atoms with Crippen LogP contribution in [-0.4, -0.2) is 17.6 Å². The average Bonchev–Trinajstić information content (AvgIpc) is 2.49.